The zero-order chi connectivity index (χ0) is 17.8. The number of Topliss-reactive ketones (excluding diaryl/α,β-unsaturated/α-hetero) is 1. The molecule has 0 bridgehead atoms. The fraction of sp³-hybridized carbons (Fsp3) is 0.105. The van der Waals surface area contributed by atoms with Crippen LogP contribution in [0, 0.1) is 17.0 Å². The van der Waals surface area contributed by atoms with E-state index in [1.807, 2.05) is 37.3 Å². The Hall–Kier alpha value is -2.93. The Morgan fingerprint density at radius 2 is 1.81 bits per heavy atom. The highest BCUT2D eigenvalue weighted by atomic mass is 79.9. The maximum atomic E-state index is 12.4. The van der Waals surface area contributed by atoms with Crippen LogP contribution in [0.2, 0.25) is 0 Å². The van der Waals surface area contributed by atoms with Gasteiger partial charge < -0.3 is 0 Å². The Bertz CT molecular complexity index is 926. The average Bonchev–Trinajstić information content (AvgIpc) is 2.63. The molecule has 3 aromatic rings. The molecule has 1 heterocycles. The van der Waals surface area contributed by atoms with E-state index in [9.17, 15) is 14.9 Å². The molecule has 0 saturated carbocycles. The average molecular weight is 415 g/mol. The van der Waals surface area contributed by atoms with Gasteiger partial charge in [-0.1, -0.05) is 42.0 Å². The van der Waals surface area contributed by atoms with E-state index in [0.717, 1.165) is 11.3 Å². The lowest BCUT2D eigenvalue weighted by Crippen LogP contribution is -2.37. The molecule has 0 fully saturated rings. The topological polar surface area (TPSA) is 77.0 Å². The fourth-order valence-corrected chi connectivity index (χ4v) is 2.49. The van der Waals surface area contributed by atoms with E-state index in [0.29, 0.717) is 0 Å². The number of ketones is 1. The van der Waals surface area contributed by atoms with Gasteiger partial charge in [0.15, 0.2) is 12.2 Å². The van der Waals surface area contributed by atoms with Gasteiger partial charge in [0.1, 0.15) is 0 Å². The largest absolute Gasteiger partial charge is 0.289 e. The van der Waals surface area contributed by atoms with Crippen LogP contribution in [0.15, 0.2) is 67.1 Å². The molecule has 0 unspecified atom stereocenters. The van der Waals surface area contributed by atoms with Crippen molar-refractivity contribution in [2.45, 2.75) is 13.5 Å². The van der Waals surface area contributed by atoms with E-state index in [-0.39, 0.29) is 40.6 Å². The minimum atomic E-state index is -0.545. The van der Waals surface area contributed by atoms with Gasteiger partial charge in [-0.3, -0.25) is 14.9 Å². The van der Waals surface area contributed by atoms with Gasteiger partial charge in [0.2, 0.25) is 5.78 Å². The molecular formula is C19H17BrN3O3+. The SMILES string of the molecule is Br.Cc1ccc(-c2cc[n+](CC(=O)c3ccccc3[N+](=O)[O-])cn2)cc1. The maximum absolute atomic E-state index is 12.4. The van der Waals surface area contributed by atoms with Crippen LogP contribution < -0.4 is 4.57 Å². The normalized spacial score (nSPS) is 10.0. The summed E-state index contributed by atoms with van der Waals surface area (Å²) in [6, 6.07) is 15.8. The predicted octanol–water partition coefficient (Wildman–Crippen LogP) is 3.71. The molecular weight excluding hydrogens is 398 g/mol. The third-order valence-electron chi connectivity index (χ3n) is 3.84. The van der Waals surface area contributed by atoms with Gasteiger partial charge in [-0.15, -0.1) is 17.0 Å². The van der Waals surface area contributed by atoms with Crippen LogP contribution in [-0.2, 0) is 6.54 Å². The molecule has 0 saturated heterocycles. The number of hydrogen-bond acceptors (Lipinski definition) is 4. The minimum Gasteiger partial charge on any atom is -0.289 e. The second kappa shape index (κ2) is 8.44. The minimum absolute atomic E-state index is 0. The summed E-state index contributed by atoms with van der Waals surface area (Å²) in [6.45, 7) is 2.01. The van der Waals surface area contributed by atoms with E-state index in [1.165, 1.54) is 17.7 Å². The van der Waals surface area contributed by atoms with Crippen LogP contribution >= 0.6 is 17.0 Å². The quantitative estimate of drug-likeness (QED) is 0.276. The van der Waals surface area contributed by atoms with Gasteiger partial charge in [0, 0.05) is 17.7 Å². The lowest BCUT2D eigenvalue weighted by atomic mass is 10.1. The molecule has 6 nitrogen and oxygen atoms in total. The van der Waals surface area contributed by atoms with E-state index in [2.05, 4.69) is 4.98 Å². The highest BCUT2D eigenvalue weighted by Crippen LogP contribution is 2.18. The van der Waals surface area contributed by atoms with Crippen molar-refractivity contribution in [3.05, 3.63) is 88.4 Å². The van der Waals surface area contributed by atoms with Crippen molar-refractivity contribution in [3.63, 3.8) is 0 Å². The molecule has 0 radical (unpaired) electrons. The first-order valence-electron chi connectivity index (χ1n) is 7.73. The second-order valence-corrected chi connectivity index (χ2v) is 5.68. The number of nitro benzene ring substituents is 1. The summed E-state index contributed by atoms with van der Waals surface area (Å²) < 4.78 is 1.61. The number of hydrogen-bond donors (Lipinski definition) is 0. The van der Waals surface area contributed by atoms with Crippen molar-refractivity contribution in [2.24, 2.45) is 0 Å². The number of halogens is 1. The maximum Gasteiger partial charge on any atom is 0.287 e. The van der Waals surface area contributed by atoms with Crippen molar-refractivity contribution in [1.29, 1.82) is 0 Å². The summed E-state index contributed by atoms with van der Waals surface area (Å²) >= 11 is 0. The number of rotatable bonds is 5. The van der Waals surface area contributed by atoms with Crippen LogP contribution in [0.4, 0.5) is 5.69 Å². The van der Waals surface area contributed by atoms with Crippen LogP contribution in [0.5, 0.6) is 0 Å². The van der Waals surface area contributed by atoms with Gasteiger partial charge >= 0.3 is 0 Å². The highest BCUT2D eigenvalue weighted by Gasteiger charge is 2.21. The van der Waals surface area contributed by atoms with Crippen LogP contribution in [0.3, 0.4) is 0 Å². The zero-order valence-corrected chi connectivity index (χ0v) is 15.7. The summed E-state index contributed by atoms with van der Waals surface area (Å²) in [5.74, 6) is -0.331. The molecule has 0 N–H and O–H groups in total. The van der Waals surface area contributed by atoms with Crippen LogP contribution in [0.1, 0.15) is 15.9 Å². The first-order chi connectivity index (χ1) is 12.0. The van der Waals surface area contributed by atoms with Crippen LogP contribution in [0.25, 0.3) is 11.3 Å². The Morgan fingerprint density at radius 1 is 1.12 bits per heavy atom. The smallest absolute Gasteiger partial charge is 0.287 e. The molecule has 0 amide bonds. The fourth-order valence-electron chi connectivity index (χ4n) is 2.49. The van der Waals surface area contributed by atoms with Crippen LogP contribution in [-0.4, -0.2) is 15.7 Å². The first-order valence-corrected chi connectivity index (χ1v) is 7.73. The highest BCUT2D eigenvalue weighted by molar-refractivity contribution is 8.93. The van der Waals surface area contributed by atoms with Gasteiger partial charge in [-0.2, -0.15) is 0 Å². The molecule has 132 valence electrons. The second-order valence-electron chi connectivity index (χ2n) is 5.68. The number of nitro groups is 1. The van der Waals surface area contributed by atoms with Crippen molar-refractivity contribution < 1.29 is 14.3 Å². The standard InChI is InChI=1S/C19H16N3O3.BrH/c1-14-6-8-15(9-7-14)17-10-11-21(13-20-17)12-19(23)16-4-2-3-5-18(16)22(24)25;/h2-11,13H,12H2,1H3;1H/q+1;. The molecule has 0 aliphatic carbocycles. The van der Waals surface area contributed by atoms with Crippen molar-refractivity contribution >= 4 is 28.5 Å². The monoisotopic (exact) mass is 414 g/mol. The summed E-state index contributed by atoms with van der Waals surface area (Å²) in [7, 11) is 0. The molecule has 0 atom stereocenters. The molecule has 0 aliphatic rings. The van der Waals surface area contributed by atoms with E-state index in [1.54, 1.807) is 29.2 Å². The Morgan fingerprint density at radius 3 is 2.42 bits per heavy atom. The van der Waals surface area contributed by atoms with Crippen molar-refractivity contribution in [1.82, 2.24) is 4.98 Å². The molecule has 0 aliphatic heterocycles. The molecule has 3 rings (SSSR count). The molecule has 0 spiro atoms. The van der Waals surface area contributed by atoms with Gasteiger partial charge in [0.25, 0.3) is 12.0 Å². The third kappa shape index (κ3) is 4.37. The number of benzene rings is 2. The van der Waals surface area contributed by atoms with Crippen molar-refractivity contribution in [2.75, 3.05) is 0 Å². The number of aromatic nitrogens is 2. The van der Waals surface area contributed by atoms with Gasteiger partial charge in [0.05, 0.1) is 16.7 Å². The number of nitrogens with zero attached hydrogens (tertiary/aromatic N) is 3. The molecule has 26 heavy (non-hydrogen) atoms. The number of carbonyl (C=O) groups is 1. The Labute approximate surface area is 161 Å². The number of aryl methyl sites for hydroxylation is 1. The summed E-state index contributed by atoms with van der Waals surface area (Å²) in [4.78, 5) is 27.2. The lowest BCUT2D eigenvalue weighted by molar-refractivity contribution is -0.686. The molecule has 7 heteroatoms. The number of carbonyl (C=O) groups excluding carboxylic acids is 1. The summed E-state index contributed by atoms with van der Waals surface area (Å²) in [6.07, 6.45) is 3.30. The first kappa shape index (κ1) is 19.4. The molecule has 1 aromatic heterocycles. The zero-order valence-electron chi connectivity index (χ0n) is 14.0. The third-order valence-corrected chi connectivity index (χ3v) is 3.84. The van der Waals surface area contributed by atoms with E-state index < -0.39 is 4.92 Å². The Balaban J connectivity index is 0.00000243. The lowest BCUT2D eigenvalue weighted by Gasteiger charge is -2.02. The predicted molar refractivity (Wildman–Crippen MR) is 102 cm³/mol. The van der Waals surface area contributed by atoms with E-state index in [4.69, 9.17) is 0 Å². The number of para-hydroxylation sites is 1. The summed E-state index contributed by atoms with van der Waals surface area (Å²) in [5.41, 5.74) is 2.88. The van der Waals surface area contributed by atoms with Gasteiger partial charge in [-0.05, 0) is 18.0 Å². The van der Waals surface area contributed by atoms with E-state index >= 15 is 0 Å². The van der Waals surface area contributed by atoms with Gasteiger partial charge in [-0.25, -0.2) is 4.57 Å². The van der Waals surface area contributed by atoms with Crippen molar-refractivity contribution in [3.8, 4) is 11.3 Å². The summed E-state index contributed by atoms with van der Waals surface area (Å²) in [5, 5.41) is 11.0. The Kier molecular flexibility index (Phi) is 6.30. The molecule has 2 aromatic carbocycles.